The Morgan fingerprint density at radius 2 is 1.86 bits per heavy atom. The maximum Gasteiger partial charge on any atom is 0.350 e. The van der Waals surface area contributed by atoms with Gasteiger partial charge in [0.15, 0.2) is 12.5 Å². The third-order valence-electron chi connectivity index (χ3n) is 7.76. The molecule has 260 valence electrons. The molecular weight excluding hydrogens is 668 g/mol. The van der Waals surface area contributed by atoms with Crippen molar-refractivity contribution in [2.75, 3.05) is 11.9 Å². The molecule has 1 amide bonds. The Kier molecular flexibility index (Phi) is 11.1. The summed E-state index contributed by atoms with van der Waals surface area (Å²) in [5.74, 6) is -6.95. The van der Waals surface area contributed by atoms with Gasteiger partial charge in [0, 0.05) is 36.9 Å². The molecular formula is C31H33F2N7O8S. The standard InChI is InChI=1S/C31H33F2N7O8S/c1-4-46-20-7-5-19(6-8-20)40-13-22(26(38-40)25-21(32)9-10-24(33)37-25)35-28(42)23-14-49-29(36-23)18-11-34-39(12-18)15-47-31(45)27(48-17(3)41)16(2)30(43)44/h9-14,16,19-20,27H,4-8,15H2,1-3H3,(H,35,42)(H,43,44)/t16-,19?,20?,27+/m0/s1. The first-order valence-corrected chi connectivity index (χ1v) is 16.2. The van der Waals surface area contributed by atoms with Crippen molar-refractivity contribution in [3.8, 4) is 22.0 Å². The number of halogens is 2. The van der Waals surface area contributed by atoms with Crippen LogP contribution in [0.5, 0.6) is 0 Å². The van der Waals surface area contributed by atoms with Crippen molar-refractivity contribution in [2.24, 2.45) is 5.92 Å². The minimum Gasteiger partial charge on any atom is -0.481 e. The van der Waals surface area contributed by atoms with E-state index in [0.717, 1.165) is 56.1 Å². The van der Waals surface area contributed by atoms with Crippen molar-refractivity contribution in [3.63, 3.8) is 0 Å². The van der Waals surface area contributed by atoms with Gasteiger partial charge < -0.3 is 24.6 Å². The molecule has 0 bridgehead atoms. The van der Waals surface area contributed by atoms with Crippen molar-refractivity contribution < 1.29 is 47.3 Å². The van der Waals surface area contributed by atoms with E-state index in [1.807, 2.05) is 6.92 Å². The molecule has 1 aliphatic carbocycles. The number of carboxylic acid groups (broad SMARTS) is 1. The minimum atomic E-state index is -1.65. The van der Waals surface area contributed by atoms with Crippen molar-refractivity contribution in [1.29, 1.82) is 0 Å². The molecule has 1 saturated carbocycles. The van der Waals surface area contributed by atoms with Crippen LogP contribution in [-0.2, 0) is 35.3 Å². The molecule has 0 saturated heterocycles. The predicted octanol–water partition coefficient (Wildman–Crippen LogP) is 4.47. The molecule has 1 aliphatic rings. The number of aromatic nitrogens is 6. The van der Waals surface area contributed by atoms with Gasteiger partial charge in [-0.2, -0.15) is 14.6 Å². The molecule has 18 heteroatoms. The zero-order valence-corrected chi connectivity index (χ0v) is 27.5. The number of carboxylic acids is 1. The van der Waals surface area contributed by atoms with E-state index in [2.05, 4.69) is 25.5 Å². The molecule has 1 fully saturated rings. The summed E-state index contributed by atoms with van der Waals surface area (Å²) in [6.45, 7) is 4.38. The van der Waals surface area contributed by atoms with Gasteiger partial charge in [-0.1, -0.05) is 0 Å². The zero-order valence-electron chi connectivity index (χ0n) is 26.7. The van der Waals surface area contributed by atoms with E-state index >= 15 is 0 Å². The molecule has 0 aliphatic heterocycles. The number of aliphatic carboxylic acids is 1. The molecule has 2 atom stereocenters. The van der Waals surface area contributed by atoms with Gasteiger partial charge in [-0.05, 0) is 51.7 Å². The quantitative estimate of drug-likeness (QED) is 0.147. The predicted molar refractivity (Wildman–Crippen MR) is 168 cm³/mol. The van der Waals surface area contributed by atoms with Crippen molar-refractivity contribution >= 4 is 40.8 Å². The summed E-state index contributed by atoms with van der Waals surface area (Å²) in [7, 11) is 0. The van der Waals surface area contributed by atoms with E-state index in [-0.39, 0.29) is 34.9 Å². The molecule has 49 heavy (non-hydrogen) atoms. The number of hydrogen-bond acceptors (Lipinski definition) is 12. The summed E-state index contributed by atoms with van der Waals surface area (Å²) in [6.07, 6.45) is 6.07. The van der Waals surface area contributed by atoms with Crippen LogP contribution in [0.1, 0.15) is 63.0 Å². The molecule has 0 spiro atoms. The number of rotatable bonds is 13. The number of nitrogens with zero attached hydrogens (tertiary/aromatic N) is 6. The summed E-state index contributed by atoms with van der Waals surface area (Å²) >= 11 is 1.12. The lowest BCUT2D eigenvalue weighted by molar-refractivity contribution is -0.177. The van der Waals surface area contributed by atoms with Crippen molar-refractivity contribution in [1.82, 2.24) is 29.5 Å². The largest absolute Gasteiger partial charge is 0.481 e. The smallest absolute Gasteiger partial charge is 0.350 e. The van der Waals surface area contributed by atoms with Crippen molar-refractivity contribution in [3.05, 3.63) is 53.6 Å². The molecule has 4 heterocycles. The Morgan fingerprint density at radius 3 is 2.55 bits per heavy atom. The number of esters is 2. The maximum atomic E-state index is 14.8. The number of thiazole rings is 1. The normalized spacial score (nSPS) is 17.2. The van der Waals surface area contributed by atoms with Crippen LogP contribution in [0.2, 0.25) is 0 Å². The Bertz CT molecular complexity index is 1840. The molecule has 0 aromatic carbocycles. The summed E-state index contributed by atoms with van der Waals surface area (Å²) in [5.41, 5.74) is 0.243. The van der Waals surface area contributed by atoms with E-state index in [0.29, 0.717) is 17.2 Å². The molecule has 0 unspecified atom stereocenters. The number of amides is 1. The van der Waals surface area contributed by atoms with Gasteiger partial charge in [0.05, 0.1) is 24.0 Å². The van der Waals surface area contributed by atoms with Gasteiger partial charge in [0.1, 0.15) is 28.0 Å². The third-order valence-corrected chi connectivity index (χ3v) is 8.65. The first-order chi connectivity index (χ1) is 23.4. The van der Waals surface area contributed by atoms with Gasteiger partial charge in [0.25, 0.3) is 5.91 Å². The second-order valence-electron chi connectivity index (χ2n) is 11.2. The molecule has 15 nitrogen and oxygen atoms in total. The van der Waals surface area contributed by atoms with E-state index in [1.54, 1.807) is 10.9 Å². The first kappa shape index (κ1) is 35.2. The number of anilines is 1. The highest BCUT2D eigenvalue weighted by Crippen LogP contribution is 2.35. The number of carbonyl (C=O) groups excluding carboxylic acids is 3. The van der Waals surface area contributed by atoms with E-state index in [1.165, 1.54) is 29.4 Å². The lowest BCUT2D eigenvalue weighted by Gasteiger charge is -2.28. The van der Waals surface area contributed by atoms with Crippen LogP contribution in [0.15, 0.2) is 36.1 Å². The second-order valence-corrected chi connectivity index (χ2v) is 12.1. The Morgan fingerprint density at radius 1 is 1.10 bits per heavy atom. The summed E-state index contributed by atoms with van der Waals surface area (Å²) < 4.78 is 47.5. The van der Waals surface area contributed by atoms with Crippen molar-refractivity contribution in [2.45, 2.75) is 71.4 Å². The van der Waals surface area contributed by atoms with Crippen LogP contribution in [-0.4, -0.2) is 77.3 Å². The lowest BCUT2D eigenvalue weighted by atomic mass is 9.93. The average Bonchev–Trinajstić information content (AvgIpc) is 3.84. The molecule has 5 rings (SSSR count). The van der Waals surface area contributed by atoms with E-state index in [4.69, 9.17) is 14.2 Å². The molecule has 4 aromatic rings. The van der Waals surface area contributed by atoms with E-state index < -0.39 is 54.3 Å². The molecule has 2 N–H and O–H groups in total. The van der Waals surface area contributed by atoms with Crippen LogP contribution in [0.25, 0.3) is 22.0 Å². The van der Waals surface area contributed by atoms with Gasteiger partial charge >= 0.3 is 17.9 Å². The van der Waals surface area contributed by atoms with E-state index in [9.17, 15) is 33.1 Å². The van der Waals surface area contributed by atoms with Crippen LogP contribution in [0.4, 0.5) is 14.5 Å². The average molecular weight is 702 g/mol. The molecule has 4 aromatic heterocycles. The summed E-state index contributed by atoms with van der Waals surface area (Å²) in [4.78, 5) is 56.6. The van der Waals surface area contributed by atoms with Gasteiger partial charge in [-0.25, -0.2) is 23.8 Å². The third kappa shape index (κ3) is 8.50. The second kappa shape index (κ2) is 15.4. The molecule has 0 radical (unpaired) electrons. The van der Waals surface area contributed by atoms with Crippen LogP contribution in [0.3, 0.4) is 0 Å². The monoisotopic (exact) mass is 701 g/mol. The Balaban J connectivity index is 1.29. The SMILES string of the molecule is CCOC1CCC(n2cc(NC(=O)c3csc(-c4cnn(COC(=O)[C@H](OC(C)=O)[C@H](C)C(=O)O)c4)n3)c(-c3nc(F)ccc3F)n2)CC1. The fourth-order valence-corrected chi connectivity index (χ4v) is 6.03. The highest BCUT2D eigenvalue weighted by Gasteiger charge is 2.34. The van der Waals surface area contributed by atoms with Crippen LogP contribution < -0.4 is 5.32 Å². The first-order valence-electron chi connectivity index (χ1n) is 15.3. The zero-order chi connectivity index (χ0) is 35.2. The number of pyridine rings is 1. The fraction of sp³-hybridized carbons (Fsp3) is 0.419. The van der Waals surface area contributed by atoms with Crippen LogP contribution >= 0.6 is 11.3 Å². The number of nitrogens with one attached hydrogen (secondary N) is 1. The van der Waals surface area contributed by atoms with Crippen LogP contribution in [0, 0.1) is 17.7 Å². The summed E-state index contributed by atoms with van der Waals surface area (Å²) in [6, 6.07) is 1.79. The highest BCUT2D eigenvalue weighted by atomic mass is 32.1. The Labute approximate surface area is 282 Å². The van der Waals surface area contributed by atoms with Gasteiger partial charge in [0.2, 0.25) is 12.1 Å². The fourth-order valence-electron chi connectivity index (χ4n) is 5.26. The number of hydrogen-bond donors (Lipinski definition) is 2. The number of ether oxygens (including phenoxy) is 3. The Hall–Kier alpha value is -5.10. The summed E-state index contributed by atoms with van der Waals surface area (Å²) in [5, 5.41) is 22.5. The topological polar surface area (TPSA) is 190 Å². The minimum absolute atomic E-state index is 0.0228. The number of carbonyl (C=O) groups is 4. The van der Waals surface area contributed by atoms with Gasteiger partial charge in [-0.3, -0.25) is 19.1 Å². The maximum absolute atomic E-state index is 14.8. The van der Waals surface area contributed by atoms with Gasteiger partial charge in [-0.15, -0.1) is 11.3 Å². The lowest BCUT2D eigenvalue weighted by Crippen LogP contribution is -2.38. The highest BCUT2D eigenvalue weighted by molar-refractivity contribution is 7.13.